The van der Waals surface area contributed by atoms with Crippen molar-refractivity contribution in [1.29, 1.82) is 0 Å². The van der Waals surface area contributed by atoms with Crippen molar-refractivity contribution in [3.05, 3.63) is 42.1 Å². The maximum Gasteiger partial charge on any atom is 0.249 e. The lowest BCUT2D eigenvalue weighted by Gasteiger charge is -2.33. The van der Waals surface area contributed by atoms with Crippen molar-refractivity contribution in [3.8, 4) is 5.69 Å². The van der Waals surface area contributed by atoms with Gasteiger partial charge in [-0.15, -0.1) is 11.8 Å². The number of carbonyl (C=O) groups is 3. The zero-order chi connectivity index (χ0) is 25.3. The molecule has 9 heteroatoms. The van der Waals surface area contributed by atoms with Gasteiger partial charge in [0.1, 0.15) is 17.9 Å². The minimum atomic E-state index is -0.675. The summed E-state index contributed by atoms with van der Waals surface area (Å²) in [6, 6.07) is 10.2. The Morgan fingerprint density at radius 1 is 1.23 bits per heavy atom. The number of fused-ring (bicyclic) bond motifs is 1. The Balaban J connectivity index is 1.61. The zero-order valence-corrected chi connectivity index (χ0v) is 21.9. The van der Waals surface area contributed by atoms with E-state index in [1.165, 1.54) is 0 Å². The van der Waals surface area contributed by atoms with Crippen molar-refractivity contribution < 1.29 is 14.4 Å². The Morgan fingerprint density at radius 3 is 2.63 bits per heavy atom. The predicted molar refractivity (Wildman–Crippen MR) is 138 cm³/mol. The van der Waals surface area contributed by atoms with Crippen LogP contribution in [0.1, 0.15) is 59.1 Å². The molecule has 2 unspecified atom stereocenters. The summed E-state index contributed by atoms with van der Waals surface area (Å²) in [6.45, 7) is 9.72. The molecule has 2 aliphatic heterocycles. The molecule has 188 valence electrons. The molecule has 2 aliphatic rings. The van der Waals surface area contributed by atoms with E-state index < -0.39 is 16.8 Å². The number of para-hydroxylation sites is 1. The molecule has 8 nitrogen and oxygen atoms in total. The van der Waals surface area contributed by atoms with Gasteiger partial charge in [0.2, 0.25) is 17.7 Å². The maximum absolute atomic E-state index is 13.8. The van der Waals surface area contributed by atoms with Gasteiger partial charge in [-0.25, -0.2) is 4.68 Å². The summed E-state index contributed by atoms with van der Waals surface area (Å²) in [4.78, 5) is 41.8. The molecule has 0 radical (unpaired) electrons. The second kappa shape index (κ2) is 10.0. The minimum absolute atomic E-state index is 0.0977. The van der Waals surface area contributed by atoms with Crippen LogP contribution in [0.5, 0.6) is 0 Å². The fourth-order valence-electron chi connectivity index (χ4n) is 4.86. The van der Waals surface area contributed by atoms with Crippen LogP contribution < -0.4 is 10.6 Å². The first-order chi connectivity index (χ1) is 16.6. The van der Waals surface area contributed by atoms with Gasteiger partial charge in [-0.2, -0.15) is 5.10 Å². The molecular weight excluding hydrogens is 462 g/mol. The molecule has 4 rings (SSSR count). The molecule has 1 aromatic carbocycles. The highest BCUT2D eigenvalue weighted by molar-refractivity contribution is 8.01. The first-order valence-corrected chi connectivity index (χ1v) is 13.2. The summed E-state index contributed by atoms with van der Waals surface area (Å²) >= 11 is 1.66. The van der Waals surface area contributed by atoms with Crippen LogP contribution in [0.25, 0.3) is 5.69 Å². The molecule has 3 amide bonds. The molecule has 0 bridgehead atoms. The molecule has 2 saturated heterocycles. The Kier molecular flexibility index (Phi) is 7.26. The third-order valence-electron chi connectivity index (χ3n) is 6.89. The van der Waals surface area contributed by atoms with Gasteiger partial charge in [0.25, 0.3) is 0 Å². The van der Waals surface area contributed by atoms with Crippen molar-refractivity contribution in [2.45, 2.75) is 82.5 Å². The van der Waals surface area contributed by atoms with Gasteiger partial charge in [-0.05, 0) is 58.6 Å². The third-order valence-corrected chi connectivity index (χ3v) is 8.46. The zero-order valence-electron chi connectivity index (χ0n) is 21.1. The Bertz CT molecular complexity index is 1100. The molecule has 2 aromatic rings. The van der Waals surface area contributed by atoms with E-state index in [2.05, 4.69) is 15.7 Å². The molecule has 0 saturated carbocycles. The molecule has 2 fully saturated rings. The lowest BCUT2D eigenvalue weighted by Crippen LogP contribution is -2.57. The van der Waals surface area contributed by atoms with Crippen LogP contribution >= 0.6 is 11.8 Å². The molecule has 0 spiro atoms. The molecule has 4 atom stereocenters. The number of carbonyl (C=O) groups excluding carboxylic acids is 3. The predicted octanol–water partition coefficient (Wildman–Crippen LogP) is 3.88. The van der Waals surface area contributed by atoms with Crippen molar-refractivity contribution in [2.75, 3.05) is 5.32 Å². The second-order valence-electron chi connectivity index (χ2n) is 10.0. The third kappa shape index (κ3) is 5.10. The van der Waals surface area contributed by atoms with Crippen LogP contribution in [0, 0.1) is 12.8 Å². The van der Waals surface area contributed by atoms with E-state index >= 15 is 0 Å². The van der Waals surface area contributed by atoms with E-state index in [1.54, 1.807) is 21.3 Å². The first kappa shape index (κ1) is 25.3. The number of nitrogens with zero attached hydrogens (tertiary/aromatic N) is 3. The Hall–Kier alpha value is -2.81. The van der Waals surface area contributed by atoms with E-state index in [-0.39, 0.29) is 29.0 Å². The van der Waals surface area contributed by atoms with Gasteiger partial charge in [0, 0.05) is 16.7 Å². The summed E-state index contributed by atoms with van der Waals surface area (Å²) < 4.78 is 1.22. The molecule has 1 aromatic heterocycles. The number of rotatable bonds is 6. The number of hydrogen-bond acceptors (Lipinski definition) is 5. The lowest BCUT2D eigenvalue weighted by atomic mass is 9.99. The number of amides is 3. The topological polar surface area (TPSA) is 96.3 Å². The van der Waals surface area contributed by atoms with E-state index in [9.17, 15) is 14.4 Å². The van der Waals surface area contributed by atoms with E-state index in [1.807, 2.05) is 71.0 Å². The SMILES string of the molecule is CC[C@@H](C)C(=O)NC1CCCC2SC(C)(C)[C@@H](C(=O)Nc3cc(C)nn3-c3ccccc3)N2C1=O. The fourth-order valence-corrected chi connectivity index (χ4v) is 6.54. The van der Waals surface area contributed by atoms with Crippen LogP contribution in [0.15, 0.2) is 36.4 Å². The van der Waals surface area contributed by atoms with Gasteiger partial charge in [0.15, 0.2) is 0 Å². The number of thioether (sulfide) groups is 1. The quantitative estimate of drug-likeness (QED) is 0.631. The molecular formula is C26H35N5O3S. The highest BCUT2D eigenvalue weighted by Gasteiger charge is 2.54. The Labute approximate surface area is 211 Å². The van der Waals surface area contributed by atoms with E-state index in [4.69, 9.17) is 0 Å². The number of aromatic nitrogens is 2. The summed E-state index contributed by atoms with van der Waals surface area (Å²) in [6.07, 6.45) is 2.90. The largest absolute Gasteiger partial charge is 0.344 e. The smallest absolute Gasteiger partial charge is 0.249 e. The fraction of sp³-hybridized carbons (Fsp3) is 0.538. The monoisotopic (exact) mass is 497 g/mol. The van der Waals surface area contributed by atoms with Crippen molar-refractivity contribution in [2.24, 2.45) is 5.92 Å². The number of aryl methyl sites for hydroxylation is 1. The van der Waals surface area contributed by atoms with Gasteiger partial charge in [-0.1, -0.05) is 32.0 Å². The van der Waals surface area contributed by atoms with Gasteiger partial charge < -0.3 is 15.5 Å². The summed E-state index contributed by atoms with van der Waals surface area (Å²) in [5.74, 6) is -0.128. The lowest BCUT2D eigenvalue weighted by molar-refractivity contribution is -0.142. The van der Waals surface area contributed by atoms with Gasteiger partial charge >= 0.3 is 0 Å². The summed E-state index contributed by atoms with van der Waals surface area (Å²) in [5.41, 5.74) is 1.62. The van der Waals surface area contributed by atoms with Crippen LogP contribution in [-0.4, -0.2) is 54.6 Å². The van der Waals surface area contributed by atoms with Crippen LogP contribution in [0.3, 0.4) is 0 Å². The van der Waals surface area contributed by atoms with Gasteiger partial charge in [-0.3, -0.25) is 14.4 Å². The average Bonchev–Trinajstić information content (AvgIpc) is 3.28. The number of benzene rings is 1. The van der Waals surface area contributed by atoms with Crippen molar-refractivity contribution in [1.82, 2.24) is 20.0 Å². The number of anilines is 1. The summed E-state index contributed by atoms with van der Waals surface area (Å²) in [7, 11) is 0. The van der Waals surface area contributed by atoms with Crippen LogP contribution in [0.2, 0.25) is 0 Å². The molecule has 3 heterocycles. The summed E-state index contributed by atoms with van der Waals surface area (Å²) in [5, 5.41) is 10.5. The maximum atomic E-state index is 13.8. The first-order valence-electron chi connectivity index (χ1n) is 12.4. The second-order valence-corrected chi connectivity index (χ2v) is 11.9. The van der Waals surface area contributed by atoms with Crippen molar-refractivity contribution in [3.63, 3.8) is 0 Å². The highest BCUT2D eigenvalue weighted by atomic mass is 32.2. The van der Waals surface area contributed by atoms with Crippen LogP contribution in [0.4, 0.5) is 5.82 Å². The molecule has 35 heavy (non-hydrogen) atoms. The van der Waals surface area contributed by atoms with Gasteiger partial charge in [0.05, 0.1) is 16.8 Å². The van der Waals surface area contributed by atoms with E-state index in [0.29, 0.717) is 18.7 Å². The normalized spacial score (nSPS) is 24.4. The minimum Gasteiger partial charge on any atom is -0.344 e. The molecule has 2 N–H and O–H groups in total. The van der Waals surface area contributed by atoms with E-state index in [0.717, 1.165) is 24.2 Å². The number of nitrogens with one attached hydrogen (secondary N) is 2. The number of hydrogen-bond donors (Lipinski definition) is 2. The van der Waals surface area contributed by atoms with Crippen LogP contribution in [-0.2, 0) is 14.4 Å². The standard InChI is InChI=1S/C26H35N5O3S/c1-6-16(2)23(32)27-19-13-10-14-21-30(25(19)34)22(26(4,5)35-21)24(33)28-20-15-17(3)29-31(20)18-11-8-7-9-12-18/h7-9,11-12,15-16,19,21-22H,6,10,13-14H2,1-5H3,(H,27,32)(H,28,33)/t16-,19?,21?,22-/m1/s1. The Morgan fingerprint density at radius 2 is 1.94 bits per heavy atom. The van der Waals surface area contributed by atoms with Crippen molar-refractivity contribution >= 4 is 35.3 Å². The highest BCUT2D eigenvalue weighted by Crippen LogP contribution is 2.48. The average molecular weight is 498 g/mol. The molecule has 0 aliphatic carbocycles.